The number of hydrogen-bond donors (Lipinski definition) is 1. The van der Waals surface area contributed by atoms with E-state index >= 15 is 0 Å². The third-order valence-corrected chi connectivity index (χ3v) is 5.65. The maximum absolute atomic E-state index is 12.8. The van der Waals surface area contributed by atoms with Crippen molar-refractivity contribution in [1.82, 2.24) is 15.3 Å². The van der Waals surface area contributed by atoms with Gasteiger partial charge in [-0.05, 0) is 49.6 Å². The van der Waals surface area contributed by atoms with Gasteiger partial charge >= 0.3 is 0 Å². The Balaban J connectivity index is 1.42. The van der Waals surface area contributed by atoms with Crippen molar-refractivity contribution in [3.63, 3.8) is 0 Å². The number of aromatic nitrogens is 2. The fourth-order valence-corrected chi connectivity index (χ4v) is 3.89. The van der Waals surface area contributed by atoms with Crippen molar-refractivity contribution >= 4 is 22.6 Å². The third kappa shape index (κ3) is 4.53. The summed E-state index contributed by atoms with van der Waals surface area (Å²) in [4.78, 5) is 24.3. The summed E-state index contributed by atoms with van der Waals surface area (Å²) in [6, 6.07) is 11.7. The highest BCUT2D eigenvalue weighted by atomic mass is 16.5. The molecule has 6 nitrogen and oxygen atoms in total. The SMILES string of the molecule is COc1ccc2cc(C(=O)NCc3ccc(N4CCCCCC4)nc3)c(C)nc2c1. The first kappa shape index (κ1) is 20.1. The molecule has 1 saturated heterocycles. The largest absolute Gasteiger partial charge is 0.497 e. The topological polar surface area (TPSA) is 67.3 Å². The van der Waals surface area contributed by atoms with E-state index in [0.29, 0.717) is 17.8 Å². The molecule has 1 fully saturated rings. The predicted octanol–water partition coefficient (Wildman–Crippen LogP) is 4.26. The molecule has 1 aliphatic rings. The van der Waals surface area contributed by atoms with E-state index in [0.717, 1.165) is 41.1 Å². The predicted molar refractivity (Wildman–Crippen MR) is 119 cm³/mol. The van der Waals surface area contributed by atoms with Gasteiger partial charge in [-0.1, -0.05) is 18.9 Å². The number of nitrogens with zero attached hydrogens (tertiary/aromatic N) is 3. The number of anilines is 1. The van der Waals surface area contributed by atoms with Gasteiger partial charge in [-0.25, -0.2) is 4.98 Å². The molecule has 0 aliphatic carbocycles. The monoisotopic (exact) mass is 404 g/mol. The number of pyridine rings is 2. The van der Waals surface area contributed by atoms with Crippen LogP contribution in [0.1, 0.15) is 47.3 Å². The lowest BCUT2D eigenvalue weighted by Crippen LogP contribution is -2.25. The summed E-state index contributed by atoms with van der Waals surface area (Å²) in [5, 5.41) is 3.91. The van der Waals surface area contributed by atoms with Crippen LogP contribution in [0.3, 0.4) is 0 Å². The van der Waals surface area contributed by atoms with Crippen LogP contribution in [0.4, 0.5) is 5.82 Å². The minimum absolute atomic E-state index is 0.130. The lowest BCUT2D eigenvalue weighted by Gasteiger charge is -2.21. The molecule has 0 unspecified atom stereocenters. The van der Waals surface area contributed by atoms with Crippen molar-refractivity contribution in [2.75, 3.05) is 25.1 Å². The molecular formula is C24H28N4O2. The minimum atomic E-state index is -0.130. The lowest BCUT2D eigenvalue weighted by molar-refractivity contribution is 0.0950. The minimum Gasteiger partial charge on any atom is -0.497 e. The standard InChI is InChI=1S/C24H28N4O2/c1-17-21(13-19-8-9-20(30-2)14-22(19)27-17)24(29)26-16-18-7-10-23(25-15-18)28-11-5-3-4-6-12-28/h7-10,13-15H,3-6,11-12,16H2,1-2H3,(H,26,29). The third-order valence-electron chi connectivity index (χ3n) is 5.65. The molecule has 0 atom stereocenters. The van der Waals surface area contributed by atoms with Gasteiger partial charge in [-0.3, -0.25) is 9.78 Å². The molecule has 3 aromatic rings. The Hall–Kier alpha value is -3.15. The van der Waals surface area contributed by atoms with Crippen LogP contribution in [0.2, 0.25) is 0 Å². The Morgan fingerprint density at radius 3 is 2.60 bits per heavy atom. The zero-order valence-corrected chi connectivity index (χ0v) is 17.6. The van der Waals surface area contributed by atoms with Crippen molar-refractivity contribution in [3.05, 3.63) is 59.4 Å². The Labute approximate surface area is 177 Å². The second kappa shape index (κ2) is 9.11. The fraction of sp³-hybridized carbons (Fsp3) is 0.375. The Kier molecular flexibility index (Phi) is 6.12. The van der Waals surface area contributed by atoms with Gasteiger partial charge in [0.15, 0.2) is 0 Å². The Bertz CT molecular complexity index is 1030. The molecule has 0 saturated carbocycles. The van der Waals surface area contributed by atoms with Gasteiger partial charge in [0.2, 0.25) is 0 Å². The number of fused-ring (bicyclic) bond motifs is 1. The molecule has 156 valence electrons. The number of benzene rings is 1. The summed E-state index contributed by atoms with van der Waals surface area (Å²) < 4.78 is 5.25. The van der Waals surface area contributed by atoms with Crippen LogP contribution in [0, 0.1) is 6.92 Å². The zero-order chi connectivity index (χ0) is 20.9. The molecule has 1 aliphatic heterocycles. The summed E-state index contributed by atoms with van der Waals surface area (Å²) in [7, 11) is 1.63. The molecule has 6 heteroatoms. The second-order valence-electron chi connectivity index (χ2n) is 7.79. The highest BCUT2D eigenvalue weighted by Crippen LogP contribution is 2.22. The van der Waals surface area contributed by atoms with E-state index in [4.69, 9.17) is 4.74 Å². The molecule has 30 heavy (non-hydrogen) atoms. The number of methoxy groups -OCH3 is 1. The van der Waals surface area contributed by atoms with Gasteiger partial charge in [-0.15, -0.1) is 0 Å². The summed E-state index contributed by atoms with van der Waals surface area (Å²) in [6.45, 7) is 4.43. The van der Waals surface area contributed by atoms with Crippen LogP contribution in [0.5, 0.6) is 5.75 Å². The highest BCUT2D eigenvalue weighted by molar-refractivity contribution is 5.98. The average molecular weight is 405 g/mol. The smallest absolute Gasteiger partial charge is 0.253 e. The van der Waals surface area contributed by atoms with Gasteiger partial charge in [0.25, 0.3) is 5.91 Å². The second-order valence-corrected chi connectivity index (χ2v) is 7.79. The number of aryl methyl sites for hydroxylation is 1. The van der Waals surface area contributed by atoms with E-state index < -0.39 is 0 Å². The zero-order valence-electron chi connectivity index (χ0n) is 17.6. The van der Waals surface area contributed by atoms with Crippen LogP contribution >= 0.6 is 0 Å². The molecule has 1 amide bonds. The number of hydrogen-bond acceptors (Lipinski definition) is 5. The molecular weight excluding hydrogens is 376 g/mol. The van der Waals surface area contributed by atoms with Crippen molar-refractivity contribution in [3.8, 4) is 5.75 Å². The molecule has 0 radical (unpaired) electrons. The molecule has 1 aromatic carbocycles. The van der Waals surface area contributed by atoms with E-state index in [2.05, 4.69) is 26.3 Å². The molecule has 1 N–H and O–H groups in total. The molecule has 0 spiro atoms. The van der Waals surface area contributed by atoms with Crippen molar-refractivity contribution in [2.24, 2.45) is 0 Å². The van der Waals surface area contributed by atoms with Gasteiger partial charge in [-0.2, -0.15) is 0 Å². The fourth-order valence-electron chi connectivity index (χ4n) is 3.89. The normalized spacial score (nSPS) is 14.4. The van der Waals surface area contributed by atoms with Crippen LogP contribution in [0.25, 0.3) is 10.9 Å². The number of rotatable bonds is 5. The maximum Gasteiger partial charge on any atom is 0.253 e. The average Bonchev–Trinajstić information content (AvgIpc) is 3.06. The molecule has 4 rings (SSSR count). The maximum atomic E-state index is 12.8. The van der Waals surface area contributed by atoms with Crippen LogP contribution in [0.15, 0.2) is 42.6 Å². The van der Waals surface area contributed by atoms with E-state index in [1.54, 1.807) is 7.11 Å². The van der Waals surface area contributed by atoms with Crippen molar-refractivity contribution in [2.45, 2.75) is 39.2 Å². The van der Waals surface area contributed by atoms with E-state index in [9.17, 15) is 4.79 Å². The highest BCUT2D eigenvalue weighted by Gasteiger charge is 2.13. The van der Waals surface area contributed by atoms with E-state index in [1.165, 1.54) is 25.7 Å². The van der Waals surface area contributed by atoms with E-state index in [-0.39, 0.29) is 5.91 Å². The molecule has 2 aromatic heterocycles. The number of ether oxygens (including phenoxy) is 1. The molecule has 3 heterocycles. The number of amides is 1. The summed E-state index contributed by atoms with van der Waals surface area (Å²) in [5.41, 5.74) is 3.08. The van der Waals surface area contributed by atoms with Crippen LogP contribution < -0.4 is 15.0 Å². The first-order valence-corrected chi connectivity index (χ1v) is 10.6. The Morgan fingerprint density at radius 1 is 1.10 bits per heavy atom. The van der Waals surface area contributed by atoms with E-state index in [1.807, 2.05) is 43.5 Å². The van der Waals surface area contributed by atoms with Crippen molar-refractivity contribution < 1.29 is 9.53 Å². The van der Waals surface area contributed by atoms with Crippen LogP contribution in [-0.4, -0.2) is 36.1 Å². The van der Waals surface area contributed by atoms with Crippen LogP contribution in [-0.2, 0) is 6.54 Å². The number of carbonyl (C=O) groups is 1. The number of nitrogens with one attached hydrogen (secondary N) is 1. The first-order chi connectivity index (χ1) is 14.6. The quantitative estimate of drug-likeness (QED) is 0.688. The first-order valence-electron chi connectivity index (χ1n) is 10.6. The lowest BCUT2D eigenvalue weighted by atomic mass is 10.1. The Morgan fingerprint density at radius 2 is 1.90 bits per heavy atom. The molecule has 0 bridgehead atoms. The van der Waals surface area contributed by atoms with Gasteiger partial charge in [0, 0.05) is 37.3 Å². The summed E-state index contributed by atoms with van der Waals surface area (Å²) >= 11 is 0. The van der Waals surface area contributed by atoms with Gasteiger partial charge in [0.05, 0.1) is 23.9 Å². The van der Waals surface area contributed by atoms with Gasteiger partial charge < -0.3 is 15.0 Å². The number of carbonyl (C=O) groups excluding carboxylic acids is 1. The van der Waals surface area contributed by atoms with Gasteiger partial charge in [0.1, 0.15) is 11.6 Å². The summed E-state index contributed by atoms with van der Waals surface area (Å²) in [6.07, 6.45) is 6.92. The summed E-state index contributed by atoms with van der Waals surface area (Å²) in [5.74, 6) is 1.65. The van der Waals surface area contributed by atoms with Crippen molar-refractivity contribution in [1.29, 1.82) is 0 Å².